The molecule has 0 aliphatic heterocycles. The number of benzene rings is 2. The Kier molecular flexibility index (Phi) is 4.47. The lowest BCUT2D eigenvalue weighted by Crippen LogP contribution is -1.95. The molecule has 0 unspecified atom stereocenters. The van der Waals surface area contributed by atoms with E-state index in [0.29, 0.717) is 26.2 Å². The Morgan fingerprint density at radius 3 is 2.61 bits per heavy atom. The fourth-order valence-electron chi connectivity index (χ4n) is 1.93. The Bertz CT molecular complexity index is 931. The molecule has 0 radical (unpaired) electrons. The number of phenolic OH excluding ortho intramolecular Hbond substituents is 1. The fourth-order valence-corrected chi connectivity index (χ4v) is 2.60. The zero-order chi connectivity index (χ0) is 16.4. The molecule has 2 aromatic carbocycles. The lowest BCUT2D eigenvalue weighted by atomic mass is 10.2. The molecule has 0 aliphatic rings. The molecule has 2 N–H and O–H groups in total. The standard InChI is InChI=1S/C15H10Cl2N4OS/c16-10-3-6-12(13(17)7-10)14-19-20-15(23)21(14)18-8-9-1-4-11(22)5-2-9/h1-8,22H,(H,20,23)/b18-8+. The van der Waals surface area contributed by atoms with E-state index in [2.05, 4.69) is 15.3 Å². The molecule has 1 aromatic heterocycles. The number of phenols is 1. The van der Waals surface area contributed by atoms with Crippen LogP contribution in [0.3, 0.4) is 0 Å². The maximum Gasteiger partial charge on any atom is 0.216 e. The Hall–Kier alpha value is -2.15. The van der Waals surface area contributed by atoms with Crippen molar-refractivity contribution in [2.75, 3.05) is 0 Å². The number of hydrogen-bond donors (Lipinski definition) is 2. The Balaban J connectivity index is 2.02. The van der Waals surface area contributed by atoms with Gasteiger partial charge >= 0.3 is 0 Å². The van der Waals surface area contributed by atoms with Crippen LogP contribution >= 0.6 is 35.4 Å². The third kappa shape index (κ3) is 3.44. The molecule has 0 aliphatic carbocycles. The van der Waals surface area contributed by atoms with Crippen molar-refractivity contribution in [3.05, 3.63) is 62.8 Å². The maximum absolute atomic E-state index is 9.29. The molecule has 0 bridgehead atoms. The number of rotatable bonds is 3. The number of aromatic hydroxyl groups is 1. The molecule has 116 valence electrons. The minimum absolute atomic E-state index is 0.190. The Labute approximate surface area is 146 Å². The van der Waals surface area contributed by atoms with E-state index in [-0.39, 0.29) is 5.75 Å². The summed E-state index contributed by atoms with van der Waals surface area (Å²) in [6.07, 6.45) is 1.61. The van der Waals surface area contributed by atoms with Crippen LogP contribution in [-0.4, -0.2) is 26.2 Å². The van der Waals surface area contributed by atoms with E-state index in [1.54, 1.807) is 48.7 Å². The van der Waals surface area contributed by atoms with Crippen LogP contribution in [0.5, 0.6) is 5.75 Å². The molecule has 0 saturated heterocycles. The van der Waals surface area contributed by atoms with Gasteiger partial charge in [-0.2, -0.15) is 14.9 Å². The largest absolute Gasteiger partial charge is 0.508 e. The van der Waals surface area contributed by atoms with Gasteiger partial charge in [0, 0.05) is 10.6 Å². The van der Waals surface area contributed by atoms with Crippen molar-refractivity contribution >= 4 is 41.6 Å². The summed E-state index contributed by atoms with van der Waals surface area (Å²) in [7, 11) is 0. The summed E-state index contributed by atoms with van der Waals surface area (Å²) in [4.78, 5) is 0. The summed E-state index contributed by atoms with van der Waals surface area (Å²) < 4.78 is 1.80. The number of halogens is 2. The van der Waals surface area contributed by atoms with Gasteiger partial charge in [-0.25, -0.2) is 5.10 Å². The van der Waals surface area contributed by atoms with E-state index in [4.69, 9.17) is 35.4 Å². The lowest BCUT2D eigenvalue weighted by molar-refractivity contribution is 0.475. The maximum atomic E-state index is 9.29. The van der Waals surface area contributed by atoms with E-state index in [1.807, 2.05) is 0 Å². The van der Waals surface area contributed by atoms with Gasteiger partial charge in [-0.15, -0.1) is 0 Å². The van der Waals surface area contributed by atoms with Gasteiger partial charge in [0.05, 0.1) is 11.2 Å². The van der Waals surface area contributed by atoms with Gasteiger partial charge in [0.1, 0.15) is 5.75 Å². The van der Waals surface area contributed by atoms with E-state index < -0.39 is 0 Å². The van der Waals surface area contributed by atoms with Crippen LogP contribution in [0.25, 0.3) is 11.4 Å². The van der Waals surface area contributed by atoms with Crippen LogP contribution in [0, 0.1) is 4.77 Å². The third-order valence-electron chi connectivity index (χ3n) is 3.04. The molecular formula is C15H10Cl2N4OS. The predicted octanol–water partition coefficient (Wildman–Crippen LogP) is 4.50. The van der Waals surface area contributed by atoms with Crippen molar-refractivity contribution in [2.45, 2.75) is 0 Å². The molecule has 0 fully saturated rings. The minimum atomic E-state index is 0.190. The SMILES string of the molecule is Oc1ccc(/C=N/n2c(-c3ccc(Cl)cc3Cl)n[nH]c2=S)cc1. The lowest BCUT2D eigenvalue weighted by Gasteiger charge is -2.04. The quantitative estimate of drug-likeness (QED) is 0.530. The topological polar surface area (TPSA) is 66.2 Å². The first kappa shape index (κ1) is 15.7. The number of nitrogens with zero attached hydrogens (tertiary/aromatic N) is 3. The van der Waals surface area contributed by atoms with E-state index in [9.17, 15) is 5.11 Å². The van der Waals surface area contributed by atoms with Crippen LogP contribution in [0.15, 0.2) is 47.6 Å². The second-order valence-electron chi connectivity index (χ2n) is 4.62. The van der Waals surface area contributed by atoms with E-state index in [0.717, 1.165) is 5.56 Å². The van der Waals surface area contributed by atoms with Gasteiger partial charge in [-0.1, -0.05) is 23.2 Å². The average Bonchev–Trinajstić information content (AvgIpc) is 2.88. The average molecular weight is 365 g/mol. The number of aromatic nitrogens is 3. The highest BCUT2D eigenvalue weighted by Gasteiger charge is 2.12. The van der Waals surface area contributed by atoms with Gasteiger partial charge < -0.3 is 5.11 Å². The van der Waals surface area contributed by atoms with Crippen molar-refractivity contribution in [1.29, 1.82) is 0 Å². The van der Waals surface area contributed by atoms with Gasteiger partial charge in [-0.05, 0) is 60.2 Å². The first-order chi connectivity index (χ1) is 11.0. The Morgan fingerprint density at radius 2 is 1.91 bits per heavy atom. The van der Waals surface area contributed by atoms with Crippen LogP contribution in [0.2, 0.25) is 10.0 Å². The van der Waals surface area contributed by atoms with E-state index in [1.165, 1.54) is 4.68 Å². The van der Waals surface area contributed by atoms with Gasteiger partial charge in [0.25, 0.3) is 0 Å². The molecule has 3 aromatic rings. The molecule has 3 rings (SSSR count). The normalized spacial score (nSPS) is 11.2. The number of nitrogens with one attached hydrogen (secondary N) is 1. The summed E-state index contributed by atoms with van der Waals surface area (Å²) in [6, 6.07) is 11.7. The monoisotopic (exact) mass is 364 g/mol. The molecule has 23 heavy (non-hydrogen) atoms. The molecule has 0 amide bonds. The van der Waals surface area contributed by atoms with Crippen LogP contribution in [0.1, 0.15) is 5.56 Å². The molecule has 0 saturated carbocycles. The zero-order valence-electron chi connectivity index (χ0n) is 11.6. The van der Waals surface area contributed by atoms with Crippen molar-refractivity contribution in [3.8, 4) is 17.1 Å². The van der Waals surface area contributed by atoms with Gasteiger partial charge in [-0.3, -0.25) is 0 Å². The molecule has 8 heteroatoms. The van der Waals surface area contributed by atoms with Crippen molar-refractivity contribution in [3.63, 3.8) is 0 Å². The number of H-pyrrole nitrogens is 1. The van der Waals surface area contributed by atoms with Crippen LogP contribution < -0.4 is 0 Å². The van der Waals surface area contributed by atoms with Crippen molar-refractivity contribution in [1.82, 2.24) is 14.9 Å². The first-order valence-electron chi connectivity index (χ1n) is 6.51. The molecular weight excluding hydrogens is 355 g/mol. The highest BCUT2D eigenvalue weighted by atomic mass is 35.5. The molecule has 0 spiro atoms. The summed E-state index contributed by atoms with van der Waals surface area (Å²) in [6.45, 7) is 0. The minimum Gasteiger partial charge on any atom is -0.508 e. The first-order valence-corrected chi connectivity index (χ1v) is 7.67. The Morgan fingerprint density at radius 1 is 1.17 bits per heavy atom. The third-order valence-corrected chi connectivity index (χ3v) is 3.85. The molecule has 0 atom stereocenters. The second kappa shape index (κ2) is 6.54. The summed E-state index contributed by atoms with van der Waals surface area (Å²) in [5.74, 6) is 0.669. The zero-order valence-corrected chi connectivity index (χ0v) is 13.9. The highest BCUT2D eigenvalue weighted by molar-refractivity contribution is 7.71. The second-order valence-corrected chi connectivity index (χ2v) is 5.85. The molecule has 1 heterocycles. The predicted molar refractivity (Wildman–Crippen MR) is 94.0 cm³/mol. The van der Waals surface area contributed by atoms with Crippen molar-refractivity contribution in [2.24, 2.45) is 5.10 Å². The van der Waals surface area contributed by atoms with Crippen LogP contribution in [0.4, 0.5) is 0 Å². The van der Waals surface area contributed by atoms with Crippen molar-refractivity contribution < 1.29 is 5.11 Å². The number of hydrogen-bond acceptors (Lipinski definition) is 4. The van der Waals surface area contributed by atoms with Gasteiger partial charge in [0.2, 0.25) is 4.77 Å². The summed E-state index contributed by atoms with van der Waals surface area (Å²) >= 11 is 17.3. The van der Waals surface area contributed by atoms with Crippen LogP contribution in [-0.2, 0) is 0 Å². The van der Waals surface area contributed by atoms with E-state index >= 15 is 0 Å². The summed E-state index contributed by atoms with van der Waals surface area (Å²) in [5, 5.41) is 21.5. The summed E-state index contributed by atoms with van der Waals surface area (Å²) in [5.41, 5.74) is 1.46. The smallest absolute Gasteiger partial charge is 0.216 e. The van der Waals surface area contributed by atoms with Gasteiger partial charge in [0.15, 0.2) is 5.82 Å². The number of aromatic amines is 1. The molecule has 5 nitrogen and oxygen atoms in total. The highest BCUT2D eigenvalue weighted by Crippen LogP contribution is 2.29. The fraction of sp³-hybridized carbons (Fsp3) is 0.